The van der Waals surface area contributed by atoms with Gasteiger partial charge >= 0.3 is 97.6 Å². The van der Waals surface area contributed by atoms with Crippen LogP contribution >= 0.6 is 0 Å². The fourth-order valence-corrected chi connectivity index (χ4v) is 3.44. The van der Waals surface area contributed by atoms with Crippen LogP contribution in [-0.2, 0) is 12.6 Å². The summed E-state index contributed by atoms with van der Waals surface area (Å²) in [6.45, 7) is 4.26. The Balaban J connectivity index is 0.000000199. The molecule has 7 heteroatoms. The van der Waals surface area contributed by atoms with Crippen LogP contribution in [0, 0.1) is 42.9 Å². The zero-order chi connectivity index (χ0) is 20.1. The summed E-state index contributed by atoms with van der Waals surface area (Å²) in [6, 6.07) is 17.7. The standard InChI is InChI=1S/2C7H7.C6HF5S.Al/c2*1-7-5-3-2-4-6-7;7-1-2(8)4(10)6(12)5(11)3(1)9;/h2*3-6H,1H3;12H;/q;;;+1/p-1. The second-order valence-corrected chi connectivity index (χ2v) is 7.89. The zero-order valence-electron chi connectivity index (χ0n) is 14.5. The summed E-state index contributed by atoms with van der Waals surface area (Å²) in [5.74, 6) is -10.2. The Labute approximate surface area is 166 Å². The summed E-state index contributed by atoms with van der Waals surface area (Å²) in [4.78, 5) is -1.29. The van der Waals surface area contributed by atoms with E-state index in [1.165, 1.54) is 20.0 Å². The molecule has 0 unspecified atom stereocenters. The molecule has 0 aliphatic carbocycles. The molecule has 0 radical (unpaired) electrons. The Kier molecular flexibility index (Phi) is 7.37. The Morgan fingerprint density at radius 1 is 0.556 bits per heavy atom. The van der Waals surface area contributed by atoms with E-state index in [9.17, 15) is 22.0 Å². The summed E-state index contributed by atoms with van der Waals surface area (Å²) >= 11 is 4.18. The van der Waals surface area contributed by atoms with Crippen LogP contribution in [0.4, 0.5) is 22.0 Å². The SMILES string of the molecule is Cc1cc[c]([Al+][c]2ccc(C)cc2)cc1.Fc1c(F)c(F)c([S-])c(F)c1F. The average molecular weight is 408 g/mol. The van der Waals surface area contributed by atoms with Crippen LogP contribution in [0.2, 0.25) is 0 Å². The maximum Gasteiger partial charge on any atom is 0.200 e. The van der Waals surface area contributed by atoms with Gasteiger partial charge in [-0.05, 0) is 0 Å². The third kappa shape index (κ3) is 5.52. The number of benzene rings is 3. The van der Waals surface area contributed by atoms with Crippen molar-refractivity contribution in [3.8, 4) is 0 Å². The van der Waals surface area contributed by atoms with Gasteiger partial charge in [-0.2, -0.15) is 0 Å². The number of halogens is 5. The van der Waals surface area contributed by atoms with Crippen molar-refractivity contribution in [2.24, 2.45) is 0 Å². The van der Waals surface area contributed by atoms with E-state index >= 15 is 0 Å². The van der Waals surface area contributed by atoms with Gasteiger partial charge in [0, 0.05) is 0 Å². The van der Waals surface area contributed by atoms with E-state index in [0.29, 0.717) is 0 Å². The largest absolute Gasteiger partial charge is 0.774 e. The molecule has 0 nitrogen and oxygen atoms in total. The molecule has 0 bridgehead atoms. The van der Waals surface area contributed by atoms with Gasteiger partial charge in [0.25, 0.3) is 0 Å². The van der Waals surface area contributed by atoms with Crippen molar-refractivity contribution in [1.29, 1.82) is 0 Å². The van der Waals surface area contributed by atoms with E-state index in [0.717, 1.165) is 0 Å². The third-order valence-corrected chi connectivity index (χ3v) is 5.45. The van der Waals surface area contributed by atoms with Gasteiger partial charge in [0.05, 0.1) is 0 Å². The molecular weight excluding hydrogens is 394 g/mol. The molecule has 27 heavy (non-hydrogen) atoms. The second-order valence-electron chi connectivity index (χ2n) is 5.86. The van der Waals surface area contributed by atoms with Gasteiger partial charge < -0.3 is 12.6 Å². The van der Waals surface area contributed by atoms with E-state index in [4.69, 9.17) is 0 Å². The van der Waals surface area contributed by atoms with Crippen LogP contribution in [0.1, 0.15) is 11.1 Å². The summed E-state index contributed by atoms with van der Waals surface area (Å²) in [5.41, 5.74) is 2.67. The predicted octanol–water partition coefficient (Wildman–Crippen LogP) is 4.25. The maximum atomic E-state index is 12.3. The minimum Gasteiger partial charge on any atom is -0.774 e. The Bertz CT molecular complexity index is 776. The van der Waals surface area contributed by atoms with Crippen LogP contribution < -0.4 is 8.85 Å². The minimum absolute atomic E-state index is 0.252. The van der Waals surface area contributed by atoms with Crippen molar-refractivity contribution in [3.63, 3.8) is 0 Å². The van der Waals surface area contributed by atoms with Crippen LogP contribution in [0.5, 0.6) is 0 Å². The molecule has 3 aromatic rings. The van der Waals surface area contributed by atoms with Crippen molar-refractivity contribution in [2.75, 3.05) is 0 Å². The molecule has 0 N–H and O–H groups in total. The van der Waals surface area contributed by atoms with Crippen molar-refractivity contribution < 1.29 is 22.0 Å². The van der Waals surface area contributed by atoms with Gasteiger partial charge in [-0.1, -0.05) is 4.90 Å². The molecule has 3 rings (SSSR count). The van der Waals surface area contributed by atoms with Gasteiger partial charge in [0.2, 0.25) is 0 Å². The molecule has 0 amide bonds. The molecule has 0 saturated heterocycles. The molecule has 0 heterocycles. The van der Waals surface area contributed by atoms with Crippen LogP contribution in [0.25, 0.3) is 0 Å². The van der Waals surface area contributed by atoms with E-state index in [2.05, 4.69) is 75.0 Å². The molecule has 0 aliphatic rings. The first-order valence-electron chi connectivity index (χ1n) is 7.87. The first-order chi connectivity index (χ1) is 12.7. The molecule has 3 aromatic carbocycles. The first-order valence-corrected chi connectivity index (χ1v) is 9.43. The van der Waals surface area contributed by atoms with Crippen molar-refractivity contribution in [2.45, 2.75) is 18.7 Å². The van der Waals surface area contributed by atoms with Gasteiger partial charge in [-0.15, -0.1) is 0 Å². The minimum atomic E-state index is -2.20. The van der Waals surface area contributed by atoms with Crippen LogP contribution in [-0.4, -0.2) is 15.2 Å². The fourth-order valence-electron chi connectivity index (χ4n) is 2.10. The number of rotatable bonds is 2. The normalized spacial score (nSPS) is 10.0. The van der Waals surface area contributed by atoms with E-state index in [-0.39, 0.29) is 15.2 Å². The number of hydrogen-bond donors (Lipinski definition) is 0. The first kappa shape index (κ1) is 21.4. The van der Waals surface area contributed by atoms with Crippen LogP contribution in [0.15, 0.2) is 53.4 Å². The molecule has 0 aromatic heterocycles. The molecule has 0 saturated carbocycles. The topological polar surface area (TPSA) is 0 Å². The average Bonchev–Trinajstić information content (AvgIpc) is 2.67. The zero-order valence-corrected chi connectivity index (χ0v) is 16.5. The van der Waals surface area contributed by atoms with Crippen molar-refractivity contribution in [1.82, 2.24) is 0 Å². The van der Waals surface area contributed by atoms with Gasteiger partial charge in [-0.3, -0.25) is 0 Å². The smallest absolute Gasteiger partial charge is 0.200 e. The maximum absolute atomic E-state index is 12.3. The van der Waals surface area contributed by atoms with E-state index < -0.39 is 34.0 Å². The van der Waals surface area contributed by atoms with Crippen molar-refractivity contribution in [3.05, 3.63) is 88.7 Å². The molecular formula is C20H14AlF5S. The van der Waals surface area contributed by atoms with Crippen LogP contribution in [0.3, 0.4) is 0 Å². The third-order valence-electron chi connectivity index (χ3n) is 3.66. The second kappa shape index (κ2) is 9.32. The molecule has 0 fully saturated rings. The molecule has 0 atom stereocenters. The van der Waals surface area contributed by atoms with Gasteiger partial charge in [-0.25, -0.2) is 22.0 Å². The monoisotopic (exact) mass is 408 g/mol. The number of aryl methyl sites for hydroxylation is 2. The Morgan fingerprint density at radius 2 is 0.852 bits per heavy atom. The summed E-state index contributed by atoms with van der Waals surface area (Å²) in [7, 11) is 0. The quantitative estimate of drug-likeness (QED) is 0.201. The summed E-state index contributed by atoms with van der Waals surface area (Å²) in [5, 5.41) is 0. The fraction of sp³-hybridized carbons (Fsp3) is 0.100. The van der Waals surface area contributed by atoms with E-state index in [1.807, 2.05) is 0 Å². The molecule has 0 spiro atoms. The van der Waals surface area contributed by atoms with E-state index in [1.54, 1.807) is 0 Å². The molecule has 138 valence electrons. The van der Waals surface area contributed by atoms with Gasteiger partial charge in [0.1, 0.15) is 11.6 Å². The Hall–Kier alpha value is -1.94. The van der Waals surface area contributed by atoms with Crippen molar-refractivity contribution >= 4 is 36.7 Å². The Morgan fingerprint density at radius 3 is 1.19 bits per heavy atom. The summed E-state index contributed by atoms with van der Waals surface area (Å²) in [6.07, 6.45) is 0. The number of hydrogen-bond acceptors (Lipinski definition) is 1. The predicted molar refractivity (Wildman–Crippen MR) is 99.2 cm³/mol. The summed E-state index contributed by atoms with van der Waals surface area (Å²) < 4.78 is 64.1. The van der Waals surface area contributed by atoms with Gasteiger partial charge in [0.15, 0.2) is 17.5 Å². The molecule has 0 aliphatic heterocycles.